The van der Waals surface area contributed by atoms with E-state index in [9.17, 15) is 14.4 Å². The van der Waals surface area contributed by atoms with E-state index in [0.717, 1.165) is 6.42 Å². The van der Waals surface area contributed by atoms with E-state index in [2.05, 4.69) is 5.32 Å². The number of carbonyl (C=O) groups is 3. The number of rotatable bonds is 8. The molecule has 2 rings (SSSR count). The molecular formula is C21H23NO5. The highest BCUT2D eigenvalue weighted by Crippen LogP contribution is 2.21. The van der Waals surface area contributed by atoms with Gasteiger partial charge in [0.25, 0.3) is 0 Å². The Morgan fingerprint density at radius 2 is 1.67 bits per heavy atom. The molecule has 0 bridgehead atoms. The quantitative estimate of drug-likeness (QED) is 0.567. The standard InChI is InChI=1S/C21H23NO5/c1-4-11-27-21(25)15-5-8-18(9-6-15)22-20(24)13-17-12-16(14(2)23)7-10-19(17)26-3/h5-10,12H,4,11,13H2,1-3H3,(H,22,24). The number of benzene rings is 2. The van der Waals surface area contributed by atoms with Crippen molar-refractivity contribution in [3.05, 3.63) is 59.2 Å². The first-order valence-electron chi connectivity index (χ1n) is 8.69. The summed E-state index contributed by atoms with van der Waals surface area (Å²) >= 11 is 0. The normalized spacial score (nSPS) is 10.2. The number of amides is 1. The van der Waals surface area contributed by atoms with Crippen LogP contribution in [0.25, 0.3) is 0 Å². The van der Waals surface area contributed by atoms with Gasteiger partial charge in [-0.3, -0.25) is 9.59 Å². The monoisotopic (exact) mass is 369 g/mol. The van der Waals surface area contributed by atoms with Crippen LogP contribution in [-0.4, -0.2) is 31.4 Å². The van der Waals surface area contributed by atoms with Gasteiger partial charge in [0, 0.05) is 16.8 Å². The first-order valence-corrected chi connectivity index (χ1v) is 8.69. The predicted octanol–water partition coefficient (Wildman–Crippen LogP) is 3.65. The molecule has 1 N–H and O–H groups in total. The first kappa shape index (κ1) is 20.2. The van der Waals surface area contributed by atoms with E-state index >= 15 is 0 Å². The Morgan fingerprint density at radius 3 is 2.26 bits per heavy atom. The second-order valence-corrected chi connectivity index (χ2v) is 6.02. The molecule has 27 heavy (non-hydrogen) atoms. The minimum atomic E-state index is -0.388. The van der Waals surface area contributed by atoms with Crippen LogP contribution in [0.15, 0.2) is 42.5 Å². The van der Waals surface area contributed by atoms with E-state index in [4.69, 9.17) is 9.47 Å². The fourth-order valence-electron chi connectivity index (χ4n) is 2.48. The number of ether oxygens (including phenoxy) is 2. The lowest BCUT2D eigenvalue weighted by Crippen LogP contribution is -2.15. The Hall–Kier alpha value is -3.15. The maximum absolute atomic E-state index is 12.3. The van der Waals surface area contributed by atoms with Crippen molar-refractivity contribution in [1.82, 2.24) is 0 Å². The topological polar surface area (TPSA) is 81.7 Å². The van der Waals surface area contributed by atoms with Gasteiger partial charge in [0.15, 0.2) is 5.78 Å². The van der Waals surface area contributed by atoms with Crippen molar-refractivity contribution in [1.29, 1.82) is 0 Å². The van der Waals surface area contributed by atoms with Crippen molar-refractivity contribution in [3.63, 3.8) is 0 Å². The lowest BCUT2D eigenvalue weighted by molar-refractivity contribution is -0.115. The van der Waals surface area contributed by atoms with Gasteiger partial charge in [-0.1, -0.05) is 6.92 Å². The van der Waals surface area contributed by atoms with Gasteiger partial charge in [-0.05, 0) is 55.8 Å². The first-order chi connectivity index (χ1) is 12.9. The minimum Gasteiger partial charge on any atom is -0.496 e. The summed E-state index contributed by atoms with van der Waals surface area (Å²) < 4.78 is 10.3. The summed E-state index contributed by atoms with van der Waals surface area (Å²) in [4.78, 5) is 35.7. The average Bonchev–Trinajstić information content (AvgIpc) is 2.66. The van der Waals surface area contributed by atoms with Crippen LogP contribution >= 0.6 is 0 Å². The van der Waals surface area contributed by atoms with E-state index in [-0.39, 0.29) is 24.1 Å². The maximum Gasteiger partial charge on any atom is 0.338 e. The zero-order chi connectivity index (χ0) is 19.8. The van der Waals surface area contributed by atoms with Crippen LogP contribution in [-0.2, 0) is 16.0 Å². The summed E-state index contributed by atoms with van der Waals surface area (Å²) in [7, 11) is 1.51. The van der Waals surface area contributed by atoms with Crippen LogP contribution in [0.1, 0.15) is 46.5 Å². The molecule has 0 radical (unpaired) electrons. The van der Waals surface area contributed by atoms with E-state index < -0.39 is 0 Å². The Kier molecular flexibility index (Phi) is 7.11. The highest BCUT2D eigenvalue weighted by molar-refractivity contribution is 5.96. The van der Waals surface area contributed by atoms with Crippen LogP contribution < -0.4 is 10.1 Å². The molecule has 0 atom stereocenters. The van der Waals surface area contributed by atoms with Crippen LogP contribution in [0.5, 0.6) is 5.75 Å². The number of nitrogens with one attached hydrogen (secondary N) is 1. The number of ketones is 1. The molecule has 6 nitrogen and oxygen atoms in total. The summed E-state index contributed by atoms with van der Waals surface area (Å²) in [6, 6.07) is 11.5. The smallest absolute Gasteiger partial charge is 0.338 e. The second-order valence-electron chi connectivity index (χ2n) is 6.02. The SMILES string of the molecule is CCCOC(=O)c1ccc(NC(=O)Cc2cc(C(C)=O)ccc2OC)cc1. The molecule has 1 amide bonds. The number of Topliss-reactive ketones (excluding diaryl/α,β-unsaturated/α-hetero) is 1. The third-order valence-corrected chi connectivity index (χ3v) is 3.88. The number of hydrogen-bond acceptors (Lipinski definition) is 5. The molecule has 0 saturated carbocycles. The molecule has 142 valence electrons. The molecule has 2 aromatic carbocycles. The van der Waals surface area contributed by atoms with E-state index in [1.54, 1.807) is 42.5 Å². The molecule has 2 aromatic rings. The molecule has 0 aliphatic carbocycles. The van der Waals surface area contributed by atoms with Crippen molar-refractivity contribution >= 4 is 23.3 Å². The number of methoxy groups -OCH3 is 1. The average molecular weight is 369 g/mol. The van der Waals surface area contributed by atoms with Crippen LogP contribution in [0.3, 0.4) is 0 Å². The summed E-state index contributed by atoms with van der Waals surface area (Å²) in [5.74, 6) is -0.176. The van der Waals surface area contributed by atoms with Crippen molar-refractivity contribution in [2.24, 2.45) is 0 Å². The molecule has 6 heteroatoms. The van der Waals surface area contributed by atoms with E-state index in [0.29, 0.717) is 34.7 Å². The maximum atomic E-state index is 12.3. The summed E-state index contributed by atoms with van der Waals surface area (Å²) in [5.41, 5.74) is 2.14. The molecular weight excluding hydrogens is 346 g/mol. The molecule has 0 fully saturated rings. The fraction of sp³-hybridized carbons (Fsp3) is 0.286. The van der Waals surface area contributed by atoms with Gasteiger partial charge < -0.3 is 14.8 Å². The van der Waals surface area contributed by atoms with Crippen molar-refractivity contribution in [3.8, 4) is 5.75 Å². The lowest BCUT2D eigenvalue weighted by atomic mass is 10.0. The highest BCUT2D eigenvalue weighted by Gasteiger charge is 2.12. The van der Waals surface area contributed by atoms with Crippen LogP contribution in [0, 0.1) is 0 Å². The summed E-state index contributed by atoms with van der Waals surface area (Å²) in [6.07, 6.45) is 0.818. The van der Waals surface area contributed by atoms with Gasteiger partial charge in [0.2, 0.25) is 5.91 Å². The zero-order valence-electron chi connectivity index (χ0n) is 15.7. The molecule has 0 unspecified atom stereocenters. The fourth-order valence-corrected chi connectivity index (χ4v) is 2.48. The molecule has 0 heterocycles. The van der Waals surface area contributed by atoms with Crippen molar-refractivity contribution < 1.29 is 23.9 Å². The molecule has 0 aromatic heterocycles. The van der Waals surface area contributed by atoms with E-state index in [1.165, 1.54) is 14.0 Å². The minimum absolute atomic E-state index is 0.0601. The Balaban J connectivity index is 2.04. The van der Waals surface area contributed by atoms with Crippen molar-refractivity contribution in [2.45, 2.75) is 26.7 Å². The lowest BCUT2D eigenvalue weighted by Gasteiger charge is -2.11. The number of hydrogen-bond donors (Lipinski definition) is 1. The second kappa shape index (κ2) is 9.52. The summed E-state index contributed by atoms with van der Waals surface area (Å²) in [6.45, 7) is 3.77. The third kappa shape index (κ3) is 5.67. The Bertz CT molecular complexity index is 827. The van der Waals surface area contributed by atoms with Gasteiger partial charge in [-0.25, -0.2) is 4.79 Å². The Labute approximate surface area is 158 Å². The van der Waals surface area contributed by atoms with Gasteiger partial charge in [0.1, 0.15) is 5.75 Å². The summed E-state index contributed by atoms with van der Waals surface area (Å²) in [5, 5.41) is 2.77. The third-order valence-electron chi connectivity index (χ3n) is 3.88. The van der Waals surface area contributed by atoms with Gasteiger partial charge in [-0.15, -0.1) is 0 Å². The molecule has 0 saturated heterocycles. The van der Waals surface area contributed by atoms with Crippen molar-refractivity contribution in [2.75, 3.05) is 19.0 Å². The zero-order valence-corrected chi connectivity index (χ0v) is 15.7. The highest BCUT2D eigenvalue weighted by atomic mass is 16.5. The largest absolute Gasteiger partial charge is 0.496 e. The van der Waals surface area contributed by atoms with Gasteiger partial charge >= 0.3 is 5.97 Å². The van der Waals surface area contributed by atoms with Gasteiger partial charge in [-0.2, -0.15) is 0 Å². The Morgan fingerprint density at radius 1 is 1.00 bits per heavy atom. The van der Waals surface area contributed by atoms with Crippen LogP contribution in [0.4, 0.5) is 5.69 Å². The van der Waals surface area contributed by atoms with E-state index in [1.807, 2.05) is 6.92 Å². The molecule has 0 aliphatic rings. The molecule has 0 aliphatic heterocycles. The predicted molar refractivity (Wildman–Crippen MR) is 102 cm³/mol. The van der Waals surface area contributed by atoms with Gasteiger partial charge in [0.05, 0.1) is 25.7 Å². The molecule has 0 spiro atoms. The number of carbonyl (C=O) groups excluding carboxylic acids is 3. The number of esters is 1. The number of anilines is 1. The van der Waals surface area contributed by atoms with Crippen LogP contribution in [0.2, 0.25) is 0 Å².